The molecule has 0 spiro atoms. The van der Waals surface area contributed by atoms with Crippen LogP contribution in [0.15, 0.2) is 30.7 Å². The zero-order valence-electron chi connectivity index (χ0n) is 17.6. The summed E-state index contributed by atoms with van der Waals surface area (Å²) in [7, 11) is 1.49. The predicted octanol–water partition coefficient (Wildman–Crippen LogP) is 2.73. The predicted molar refractivity (Wildman–Crippen MR) is 116 cm³/mol. The first-order valence-electron chi connectivity index (χ1n) is 9.42. The first-order chi connectivity index (χ1) is 15.9. The molecular formula is C19H18F4N8O2S. The van der Waals surface area contributed by atoms with Gasteiger partial charge in [0.15, 0.2) is 11.5 Å². The lowest BCUT2D eigenvalue weighted by Crippen LogP contribution is -2.31. The average molecular weight is 498 g/mol. The number of rotatable bonds is 6. The van der Waals surface area contributed by atoms with E-state index >= 15 is 0 Å². The van der Waals surface area contributed by atoms with Crippen molar-refractivity contribution in [3.8, 4) is 0 Å². The summed E-state index contributed by atoms with van der Waals surface area (Å²) in [6.07, 6.45) is -2.59. The fraction of sp³-hybridized carbons (Fsp3) is 0.211. The van der Waals surface area contributed by atoms with E-state index in [1.54, 1.807) is 6.92 Å². The molecule has 0 fully saturated rings. The number of benzene rings is 1. The number of nitrogens with zero attached hydrogens (tertiary/aromatic N) is 4. The lowest BCUT2D eigenvalue weighted by Gasteiger charge is -2.16. The van der Waals surface area contributed by atoms with E-state index in [1.165, 1.54) is 13.2 Å². The van der Waals surface area contributed by atoms with Gasteiger partial charge in [-0.15, -0.1) is 11.3 Å². The molecule has 1 unspecified atom stereocenters. The molecule has 2 heterocycles. The van der Waals surface area contributed by atoms with Crippen molar-refractivity contribution in [2.45, 2.75) is 19.1 Å². The number of amides is 2. The fourth-order valence-corrected chi connectivity index (χ4v) is 3.60. The second kappa shape index (κ2) is 9.56. The Hall–Kier alpha value is -3.85. The molecular weight excluding hydrogens is 480 g/mol. The van der Waals surface area contributed by atoms with Gasteiger partial charge in [0.1, 0.15) is 27.7 Å². The maximum atomic E-state index is 13.4. The molecule has 0 saturated carbocycles. The van der Waals surface area contributed by atoms with Crippen molar-refractivity contribution < 1.29 is 27.2 Å². The van der Waals surface area contributed by atoms with E-state index in [0.717, 1.165) is 28.7 Å². The van der Waals surface area contributed by atoms with Gasteiger partial charge in [-0.05, 0) is 25.1 Å². The largest absolute Gasteiger partial charge is 0.419 e. The van der Waals surface area contributed by atoms with E-state index in [1.807, 2.05) is 0 Å². The Kier molecular flexibility index (Phi) is 6.97. The van der Waals surface area contributed by atoms with Crippen LogP contribution in [-0.4, -0.2) is 33.8 Å². The van der Waals surface area contributed by atoms with Crippen molar-refractivity contribution in [1.29, 1.82) is 0 Å². The van der Waals surface area contributed by atoms with Gasteiger partial charge in [0.25, 0.3) is 11.8 Å². The number of aromatic nitrogens is 3. The summed E-state index contributed by atoms with van der Waals surface area (Å²) in [6, 6.07) is 1.44. The summed E-state index contributed by atoms with van der Waals surface area (Å²) in [5.74, 6) is 2.92. The molecule has 10 nitrogen and oxygen atoms in total. The van der Waals surface area contributed by atoms with E-state index in [-0.39, 0.29) is 27.8 Å². The average Bonchev–Trinajstić information content (AvgIpc) is 3.25. The quantitative estimate of drug-likeness (QED) is 0.230. The minimum absolute atomic E-state index is 0.0334. The van der Waals surface area contributed by atoms with Crippen molar-refractivity contribution in [3.63, 3.8) is 0 Å². The molecule has 1 atom stereocenters. The molecule has 1 aromatic carbocycles. The van der Waals surface area contributed by atoms with E-state index in [4.69, 9.17) is 11.6 Å². The third-order valence-corrected chi connectivity index (χ3v) is 5.59. The van der Waals surface area contributed by atoms with Crippen LogP contribution in [0.5, 0.6) is 0 Å². The number of nitrogen functional groups attached to an aromatic ring is 1. The van der Waals surface area contributed by atoms with Crippen LogP contribution in [0, 0.1) is 5.82 Å². The molecule has 3 aromatic rings. The second-order valence-corrected chi connectivity index (χ2v) is 8.04. The molecule has 2 amide bonds. The minimum atomic E-state index is -4.91. The molecule has 15 heteroatoms. The van der Waals surface area contributed by atoms with E-state index in [0.29, 0.717) is 17.1 Å². The van der Waals surface area contributed by atoms with Gasteiger partial charge in [-0.1, -0.05) is 0 Å². The summed E-state index contributed by atoms with van der Waals surface area (Å²) in [5.41, 5.74) is 4.01. The smallest absolute Gasteiger partial charge is 0.394 e. The van der Waals surface area contributed by atoms with Gasteiger partial charge in [-0.25, -0.2) is 25.2 Å². The maximum absolute atomic E-state index is 13.4. The Labute approximate surface area is 194 Å². The molecule has 2 aromatic heterocycles. The van der Waals surface area contributed by atoms with Crippen LogP contribution in [0.3, 0.4) is 0 Å². The van der Waals surface area contributed by atoms with Crippen LogP contribution >= 0.6 is 11.3 Å². The minimum Gasteiger partial charge on any atom is -0.394 e. The lowest BCUT2D eigenvalue weighted by atomic mass is 10.2. The maximum Gasteiger partial charge on any atom is 0.419 e. The fourth-order valence-electron chi connectivity index (χ4n) is 2.78. The summed E-state index contributed by atoms with van der Waals surface area (Å²) < 4.78 is 52.1. The van der Waals surface area contributed by atoms with E-state index < -0.39 is 35.4 Å². The van der Waals surface area contributed by atoms with Crippen molar-refractivity contribution >= 4 is 40.3 Å². The molecule has 0 aliphatic heterocycles. The first-order valence-corrected chi connectivity index (χ1v) is 10.2. The molecule has 3 rings (SSSR count). The summed E-state index contributed by atoms with van der Waals surface area (Å²) in [5, 5.41) is 6.36. The highest BCUT2D eigenvalue weighted by atomic mass is 32.1. The van der Waals surface area contributed by atoms with Gasteiger partial charge in [-0.3, -0.25) is 14.6 Å². The number of nitrogens with two attached hydrogens (primary N) is 2. The normalized spacial score (nSPS) is 12.2. The zero-order chi connectivity index (χ0) is 25.2. The van der Waals surface area contributed by atoms with Crippen molar-refractivity contribution in [1.82, 2.24) is 20.3 Å². The third-order valence-electron chi connectivity index (χ3n) is 4.41. The van der Waals surface area contributed by atoms with Gasteiger partial charge in [0.2, 0.25) is 0 Å². The van der Waals surface area contributed by atoms with Crippen LogP contribution < -0.4 is 27.2 Å². The highest BCUT2D eigenvalue weighted by molar-refractivity contribution is 7.13. The van der Waals surface area contributed by atoms with Gasteiger partial charge < -0.3 is 16.4 Å². The SMILES string of the molecule is CC(NC(=O)c1ncnc(N(C)N)c1N)c1ncc(C(=O)Nc2ccc(F)c(C(F)(F)F)c2)s1. The van der Waals surface area contributed by atoms with E-state index in [2.05, 4.69) is 25.6 Å². The number of hydrogen-bond donors (Lipinski definition) is 4. The van der Waals surface area contributed by atoms with Gasteiger partial charge in [-0.2, -0.15) is 13.2 Å². The van der Waals surface area contributed by atoms with Crippen molar-refractivity contribution in [3.05, 3.63) is 57.7 Å². The molecule has 0 bridgehead atoms. The van der Waals surface area contributed by atoms with Gasteiger partial charge in [0.05, 0.1) is 17.8 Å². The molecule has 6 N–H and O–H groups in total. The van der Waals surface area contributed by atoms with Gasteiger partial charge in [0, 0.05) is 12.7 Å². The molecule has 34 heavy (non-hydrogen) atoms. The number of alkyl halides is 3. The number of hydrazine groups is 1. The van der Waals surface area contributed by atoms with Crippen LogP contribution in [0.2, 0.25) is 0 Å². The van der Waals surface area contributed by atoms with E-state index in [9.17, 15) is 27.2 Å². The molecule has 0 saturated heterocycles. The van der Waals surface area contributed by atoms with Gasteiger partial charge >= 0.3 is 6.18 Å². The first kappa shape index (κ1) is 24.8. The Bertz CT molecular complexity index is 1230. The second-order valence-electron chi connectivity index (χ2n) is 6.97. The summed E-state index contributed by atoms with van der Waals surface area (Å²) >= 11 is 0.904. The van der Waals surface area contributed by atoms with Crippen LogP contribution in [0.25, 0.3) is 0 Å². The third kappa shape index (κ3) is 5.37. The number of halogens is 4. The Morgan fingerprint density at radius 1 is 1.18 bits per heavy atom. The zero-order valence-corrected chi connectivity index (χ0v) is 18.5. The topological polar surface area (TPSA) is 152 Å². The highest BCUT2D eigenvalue weighted by Crippen LogP contribution is 2.33. The molecule has 180 valence electrons. The summed E-state index contributed by atoms with van der Waals surface area (Å²) in [4.78, 5) is 36.9. The van der Waals surface area contributed by atoms with Crippen LogP contribution in [0.1, 0.15) is 43.7 Å². The standard InChI is InChI=1S/C19H18F4N8O2S/c1-8(29-17(33)14-13(24)15(31(2)25)28-7-27-14)18-26-6-12(34-18)16(32)30-9-3-4-11(20)10(5-9)19(21,22)23/h3-8H,24-25H2,1-2H3,(H,29,33)(H,30,32). The number of carbonyl (C=O) groups excluding carboxylic acids is 2. The number of hydrogen-bond acceptors (Lipinski definition) is 9. The number of thiazole rings is 1. The monoisotopic (exact) mass is 498 g/mol. The number of anilines is 3. The molecule has 0 aliphatic carbocycles. The number of carbonyl (C=O) groups is 2. The van der Waals surface area contributed by atoms with Crippen molar-refractivity contribution in [2.24, 2.45) is 5.84 Å². The lowest BCUT2D eigenvalue weighted by molar-refractivity contribution is -0.139. The van der Waals surface area contributed by atoms with Crippen LogP contribution in [0.4, 0.5) is 34.8 Å². The number of nitrogens with one attached hydrogen (secondary N) is 2. The Morgan fingerprint density at radius 3 is 2.53 bits per heavy atom. The molecule has 0 radical (unpaired) electrons. The van der Waals surface area contributed by atoms with Crippen molar-refractivity contribution in [2.75, 3.05) is 23.1 Å². The van der Waals surface area contributed by atoms with Crippen LogP contribution in [-0.2, 0) is 6.18 Å². The Morgan fingerprint density at radius 2 is 1.88 bits per heavy atom. The summed E-state index contributed by atoms with van der Waals surface area (Å²) in [6.45, 7) is 1.60. The molecule has 0 aliphatic rings. The highest BCUT2D eigenvalue weighted by Gasteiger charge is 2.34. The Balaban J connectivity index is 1.71.